The Morgan fingerprint density at radius 1 is 1.33 bits per heavy atom. The van der Waals surface area contributed by atoms with Gasteiger partial charge in [0.1, 0.15) is 0 Å². The zero-order valence-electron chi connectivity index (χ0n) is 11.1. The van der Waals surface area contributed by atoms with Crippen molar-refractivity contribution in [3.8, 4) is 0 Å². The summed E-state index contributed by atoms with van der Waals surface area (Å²) in [5.74, 6) is 0.951. The summed E-state index contributed by atoms with van der Waals surface area (Å²) in [4.78, 5) is 2.48. The van der Waals surface area contributed by atoms with Crippen molar-refractivity contribution in [2.24, 2.45) is 11.3 Å². The summed E-state index contributed by atoms with van der Waals surface area (Å²) in [7, 11) is 2.25. The highest BCUT2D eigenvalue weighted by Crippen LogP contribution is 2.33. The second-order valence-electron chi connectivity index (χ2n) is 6.26. The molecule has 0 aromatic rings. The molecule has 1 aliphatic rings. The molecule has 0 heterocycles. The first kappa shape index (κ1) is 13.0. The van der Waals surface area contributed by atoms with Crippen LogP contribution < -0.4 is 5.32 Å². The quantitative estimate of drug-likeness (QED) is 0.727. The first-order valence-corrected chi connectivity index (χ1v) is 6.34. The average molecular weight is 212 g/mol. The van der Waals surface area contributed by atoms with Crippen LogP contribution in [0.1, 0.15) is 40.5 Å². The summed E-state index contributed by atoms with van der Waals surface area (Å²) in [6.45, 7) is 12.6. The Kier molecular flexibility index (Phi) is 4.60. The molecule has 1 N–H and O–H groups in total. The largest absolute Gasteiger partial charge is 0.313 e. The van der Waals surface area contributed by atoms with Gasteiger partial charge >= 0.3 is 0 Å². The van der Waals surface area contributed by atoms with E-state index in [4.69, 9.17) is 0 Å². The molecular formula is C13H28N2. The van der Waals surface area contributed by atoms with Crippen molar-refractivity contribution in [2.75, 3.05) is 26.7 Å². The molecule has 15 heavy (non-hydrogen) atoms. The minimum Gasteiger partial charge on any atom is -0.313 e. The number of hydrogen-bond donors (Lipinski definition) is 1. The van der Waals surface area contributed by atoms with Crippen molar-refractivity contribution in [3.05, 3.63) is 0 Å². The molecule has 0 aromatic heterocycles. The molecule has 0 spiro atoms. The molecule has 0 saturated heterocycles. The van der Waals surface area contributed by atoms with Crippen LogP contribution in [0.3, 0.4) is 0 Å². The Bertz CT molecular complexity index is 179. The highest BCUT2D eigenvalue weighted by atomic mass is 15.1. The van der Waals surface area contributed by atoms with Crippen LogP contribution in [0.2, 0.25) is 0 Å². The van der Waals surface area contributed by atoms with E-state index in [1.165, 1.54) is 25.9 Å². The summed E-state index contributed by atoms with van der Waals surface area (Å²) in [5, 5.41) is 3.62. The predicted octanol–water partition coefficient (Wildman–Crippen LogP) is 2.35. The van der Waals surface area contributed by atoms with Crippen LogP contribution in [0, 0.1) is 11.3 Å². The molecule has 1 fully saturated rings. The molecule has 1 aliphatic carbocycles. The van der Waals surface area contributed by atoms with E-state index >= 15 is 0 Å². The summed E-state index contributed by atoms with van der Waals surface area (Å²) in [6.07, 6.45) is 2.86. The van der Waals surface area contributed by atoms with E-state index < -0.39 is 0 Å². The maximum atomic E-state index is 3.62. The second kappa shape index (κ2) is 5.31. The van der Waals surface area contributed by atoms with Gasteiger partial charge in [0, 0.05) is 19.1 Å². The molecule has 0 aliphatic heterocycles. The maximum absolute atomic E-state index is 3.62. The average Bonchev–Trinajstić information content (AvgIpc) is 2.81. The van der Waals surface area contributed by atoms with Crippen LogP contribution in [0.5, 0.6) is 0 Å². The van der Waals surface area contributed by atoms with E-state index in [0.29, 0.717) is 5.41 Å². The standard InChI is InChI=1S/C13H28N2/c1-6-14-12(11-7-8-11)9-15(5)10-13(2,3)4/h11-12,14H,6-10H2,1-5H3. The summed E-state index contributed by atoms with van der Waals surface area (Å²) < 4.78 is 0. The molecule has 0 bridgehead atoms. The van der Waals surface area contributed by atoms with Crippen LogP contribution in [-0.2, 0) is 0 Å². The van der Waals surface area contributed by atoms with Crippen molar-refractivity contribution in [2.45, 2.75) is 46.6 Å². The Balaban J connectivity index is 2.30. The predicted molar refractivity (Wildman–Crippen MR) is 67.1 cm³/mol. The van der Waals surface area contributed by atoms with Gasteiger partial charge in [0.15, 0.2) is 0 Å². The Hall–Kier alpha value is -0.0800. The van der Waals surface area contributed by atoms with Gasteiger partial charge in [-0.05, 0) is 37.8 Å². The van der Waals surface area contributed by atoms with Gasteiger partial charge in [-0.3, -0.25) is 0 Å². The highest BCUT2D eigenvalue weighted by molar-refractivity contribution is 4.88. The van der Waals surface area contributed by atoms with Crippen LogP contribution in [0.15, 0.2) is 0 Å². The SMILES string of the molecule is CCNC(CN(C)CC(C)(C)C)C1CC1. The van der Waals surface area contributed by atoms with Crippen molar-refractivity contribution < 1.29 is 0 Å². The molecule has 2 nitrogen and oxygen atoms in total. The van der Waals surface area contributed by atoms with Crippen LogP contribution >= 0.6 is 0 Å². The van der Waals surface area contributed by atoms with Gasteiger partial charge in [-0.2, -0.15) is 0 Å². The highest BCUT2D eigenvalue weighted by Gasteiger charge is 2.31. The van der Waals surface area contributed by atoms with Crippen LogP contribution in [0.4, 0.5) is 0 Å². The molecule has 1 rings (SSSR count). The number of nitrogens with zero attached hydrogens (tertiary/aromatic N) is 1. The number of rotatable bonds is 6. The monoisotopic (exact) mass is 212 g/mol. The van der Waals surface area contributed by atoms with E-state index in [2.05, 4.69) is 45.0 Å². The van der Waals surface area contributed by atoms with E-state index in [1.807, 2.05) is 0 Å². The number of hydrogen-bond acceptors (Lipinski definition) is 2. The molecule has 1 atom stereocenters. The topological polar surface area (TPSA) is 15.3 Å². The molecular weight excluding hydrogens is 184 g/mol. The van der Waals surface area contributed by atoms with Gasteiger partial charge in [-0.25, -0.2) is 0 Å². The van der Waals surface area contributed by atoms with Gasteiger partial charge in [-0.15, -0.1) is 0 Å². The van der Waals surface area contributed by atoms with Crippen LogP contribution in [-0.4, -0.2) is 37.6 Å². The minimum atomic E-state index is 0.412. The van der Waals surface area contributed by atoms with E-state index in [-0.39, 0.29) is 0 Å². The normalized spacial score (nSPS) is 19.6. The molecule has 0 amide bonds. The van der Waals surface area contributed by atoms with Crippen molar-refractivity contribution in [3.63, 3.8) is 0 Å². The number of nitrogens with one attached hydrogen (secondary N) is 1. The van der Waals surface area contributed by atoms with Gasteiger partial charge in [0.2, 0.25) is 0 Å². The third kappa shape index (κ3) is 5.53. The van der Waals surface area contributed by atoms with E-state index in [0.717, 1.165) is 18.5 Å². The Morgan fingerprint density at radius 2 is 1.93 bits per heavy atom. The van der Waals surface area contributed by atoms with Crippen molar-refractivity contribution in [1.82, 2.24) is 10.2 Å². The van der Waals surface area contributed by atoms with E-state index in [9.17, 15) is 0 Å². The van der Waals surface area contributed by atoms with Crippen LogP contribution in [0.25, 0.3) is 0 Å². The maximum Gasteiger partial charge on any atom is 0.0223 e. The Labute approximate surface area is 95.4 Å². The fraction of sp³-hybridized carbons (Fsp3) is 1.00. The second-order valence-corrected chi connectivity index (χ2v) is 6.26. The minimum absolute atomic E-state index is 0.412. The molecule has 0 radical (unpaired) electrons. The van der Waals surface area contributed by atoms with Gasteiger partial charge in [0.25, 0.3) is 0 Å². The lowest BCUT2D eigenvalue weighted by atomic mass is 9.96. The first-order valence-electron chi connectivity index (χ1n) is 6.34. The summed E-state index contributed by atoms with van der Waals surface area (Å²) >= 11 is 0. The third-order valence-electron chi connectivity index (χ3n) is 2.91. The zero-order valence-corrected chi connectivity index (χ0v) is 11.1. The smallest absolute Gasteiger partial charge is 0.0223 e. The Morgan fingerprint density at radius 3 is 2.33 bits per heavy atom. The molecule has 1 unspecified atom stereocenters. The van der Waals surface area contributed by atoms with Gasteiger partial charge in [-0.1, -0.05) is 27.7 Å². The van der Waals surface area contributed by atoms with E-state index in [1.54, 1.807) is 0 Å². The van der Waals surface area contributed by atoms with Gasteiger partial charge < -0.3 is 10.2 Å². The molecule has 2 heteroatoms. The third-order valence-corrected chi connectivity index (χ3v) is 2.91. The van der Waals surface area contributed by atoms with Crippen molar-refractivity contribution in [1.29, 1.82) is 0 Å². The lowest BCUT2D eigenvalue weighted by molar-refractivity contribution is 0.201. The van der Waals surface area contributed by atoms with Gasteiger partial charge in [0.05, 0.1) is 0 Å². The van der Waals surface area contributed by atoms with Crippen molar-refractivity contribution >= 4 is 0 Å². The zero-order chi connectivity index (χ0) is 11.5. The summed E-state index contributed by atoms with van der Waals surface area (Å²) in [6, 6.07) is 0.724. The molecule has 1 saturated carbocycles. The fourth-order valence-electron chi connectivity index (χ4n) is 2.35. The molecule has 90 valence electrons. The lowest BCUT2D eigenvalue weighted by Gasteiger charge is -2.30. The molecule has 0 aromatic carbocycles. The lowest BCUT2D eigenvalue weighted by Crippen LogP contribution is -2.43. The first-order chi connectivity index (χ1) is 6.92. The number of likely N-dealkylation sites (N-methyl/N-ethyl adjacent to an activating group) is 2. The summed E-state index contributed by atoms with van der Waals surface area (Å²) in [5.41, 5.74) is 0.412. The fourth-order valence-corrected chi connectivity index (χ4v) is 2.35.